The molecule has 20 heavy (non-hydrogen) atoms. The minimum atomic E-state index is 0.524. The second-order valence-corrected chi connectivity index (χ2v) is 7.83. The summed E-state index contributed by atoms with van der Waals surface area (Å²) in [6.07, 6.45) is 13.1. The summed E-state index contributed by atoms with van der Waals surface area (Å²) in [7, 11) is 2.37. The van der Waals surface area contributed by atoms with Crippen LogP contribution in [0.5, 0.6) is 0 Å². The Morgan fingerprint density at radius 2 is 1.65 bits per heavy atom. The third kappa shape index (κ3) is 2.13. The van der Waals surface area contributed by atoms with E-state index in [1.807, 2.05) is 0 Å². The molecule has 1 spiro atoms. The molecule has 0 aromatic rings. The maximum Gasteiger partial charge on any atom is 0.0337 e. The first-order chi connectivity index (χ1) is 9.78. The van der Waals surface area contributed by atoms with Gasteiger partial charge in [-0.2, -0.15) is 0 Å². The molecule has 3 saturated heterocycles. The Labute approximate surface area is 124 Å². The zero-order valence-electron chi connectivity index (χ0n) is 13.1. The van der Waals surface area contributed by atoms with E-state index in [-0.39, 0.29) is 0 Å². The van der Waals surface area contributed by atoms with Crippen molar-refractivity contribution in [3.8, 4) is 0 Å². The van der Waals surface area contributed by atoms with Crippen LogP contribution in [0.15, 0.2) is 0 Å². The van der Waals surface area contributed by atoms with Crippen molar-refractivity contribution >= 4 is 0 Å². The van der Waals surface area contributed by atoms with E-state index in [9.17, 15) is 0 Å². The van der Waals surface area contributed by atoms with E-state index in [1.165, 1.54) is 77.4 Å². The number of hydrogen-bond acceptors (Lipinski definition) is 3. The molecule has 0 amide bonds. The Kier molecular flexibility index (Phi) is 3.56. The minimum absolute atomic E-state index is 0.524. The Bertz CT molecular complexity index is 328. The van der Waals surface area contributed by atoms with E-state index in [0.29, 0.717) is 5.54 Å². The van der Waals surface area contributed by atoms with Crippen molar-refractivity contribution < 1.29 is 0 Å². The van der Waals surface area contributed by atoms with Gasteiger partial charge in [-0.3, -0.25) is 4.90 Å². The monoisotopic (exact) mass is 277 g/mol. The van der Waals surface area contributed by atoms with Gasteiger partial charge in [-0.25, -0.2) is 0 Å². The number of piperidine rings is 1. The Balaban J connectivity index is 1.53. The summed E-state index contributed by atoms with van der Waals surface area (Å²) in [5.41, 5.74) is 0.524. The second kappa shape index (κ2) is 5.26. The lowest BCUT2D eigenvalue weighted by molar-refractivity contribution is -0.0373. The molecule has 4 fully saturated rings. The fourth-order valence-electron chi connectivity index (χ4n) is 5.74. The molecule has 0 aromatic heterocycles. The summed E-state index contributed by atoms with van der Waals surface area (Å²) in [6, 6.07) is 2.65. The van der Waals surface area contributed by atoms with Crippen molar-refractivity contribution in [3.05, 3.63) is 0 Å². The first-order valence-electron chi connectivity index (χ1n) is 8.98. The summed E-state index contributed by atoms with van der Waals surface area (Å²) in [5, 5.41) is 3.71. The quantitative estimate of drug-likeness (QED) is 0.793. The van der Waals surface area contributed by atoms with Gasteiger partial charge in [-0.05, 0) is 45.6 Å². The summed E-state index contributed by atoms with van der Waals surface area (Å²) in [6.45, 7) is 3.77. The molecule has 4 rings (SSSR count). The van der Waals surface area contributed by atoms with Crippen LogP contribution in [0, 0.1) is 0 Å². The van der Waals surface area contributed by atoms with Gasteiger partial charge >= 0.3 is 0 Å². The van der Waals surface area contributed by atoms with Crippen LogP contribution in [0.4, 0.5) is 0 Å². The molecule has 3 aliphatic heterocycles. The van der Waals surface area contributed by atoms with Crippen LogP contribution in [-0.2, 0) is 0 Å². The predicted octanol–water partition coefficient (Wildman–Crippen LogP) is 2.22. The van der Waals surface area contributed by atoms with Crippen molar-refractivity contribution in [2.75, 3.05) is 26.7 Å². The number of nitrogens with zero attached hydrogens (tertiary/aromatic N) is 2. The van der Waals surface area contributed by atoms with Crippen molar-refractivity contribution in [3.63, 3.8) is 0 Å². The highest BCUT2D eigenvalue weighted by molar-refractivity contribution is 5.04. The normalized spacial score (nSPS) is 42.1. The van der Waals surface area contributed by atoms with E-state index < -0.39 is 0 Å². The maximum atomic E-state index is 3.71. The highest BCUT2D eigenvalue weighted by Crippen LogP contribution is 2.42. The number of hydrogen-bond donors (Lipinski definition) is 1. The smallest absolute Gasteiger partial charge is 0.0337 e. The number of fused-ring (bicyclic) bond motifs is 2. The topological polar surface area (TPSA) is 18.5 Å². The maximum absolute atomic E-state index is 3.71. The number of rotatable bonds is 1. The molecule has 0 aromatic carbocycles. The van der Waals surface area contributed by atoms with Crippen LogP contribution in [0.3, 0.4) is 0 Å². The lowest BCUT2D eigenvalue weighted by Gasteiger charge is -2.55. The molecular weight excluding hydrogens is 246 g/mol. The van der Waals surface area contributed by atoms with Crippen LogP contribution in [-0.4, -0.2) is 60.1 Å². The summed E-state index contributed by atoms with van der Waals surface area (Å²) < 4.78 is 0. The van der Waals surface area contributed by atoms with Crippen LogP contribution >= 0.6 is 0 Å². The van der Waals surface area contributed by atoms with Gasteiger partial charge in [-0.15, -0.1) is 0 Å². The van der Waals surface area contributed by atoms with Gasteiger partial charge in [0.05, 0.1) is 0 Å². The van der Waals surface area contributed by atoms with E-state index in [0.717, 1.165) is 18.1 Å². The lowest BCUT2D eigenvalue weighted by atomic mass is 9.77. The van der Waals surface area contributed by atoms with Crippen LogP contribution in [0.25, 0.3) is 0 Å². The molecule has 2 unspecified atom stereocenters. The van der Waals surface area contributed by atoms with E-state index in [1.54, 1.807) is 0 Å². The first-order valence-corrected chi connectivity index (χ1v) is 8.98. The first kappa shape index (κ1) is 13.5. The molecule has 2 atom stereocenters. The zero-order valence-corrected chi connectivity index (χ0v) is 13.1. The molecular formula is C17H31N3. The van der Waals surface area contributed by atoms with Gasteiger partial charge in [0.25, 0.3) is 0 Å². The highest BCUT2D eigenvalue weighted by atomic mass is 15.3. The van der Waals surface area contributed by atoms with Crippen LogP contribution in [0.1, 0.15) is 57.8 Å². The fourth-order valence-corrected chi connectivity index (χ4v) is 5.74. The van der Waals surface area contributed by atoms with Crippen LogP contribution in [0.2, 0.25) is 0 Å². The fraction of sp³-hybridized carbons (Fsp3) is 1.00. The highest BCUT2D eigenvalue weighted by Gasteiger charge is 2.47. The molecule has 3 nitrogen and oxygen atoms in total. The standard InChI is InChI=1S/C17H31N3/c1-19-14-5-6-15(19)12-16(11-14)20-10-9-18-13-17(20)7-3-2-4-8-17/h14-16,18H,2-13H2,1H3. The van der Waals surface area contributed by atoms with Gasteiger partial charge in [0.2, 0.25) is 0 Å². The average Bonchev–Trinajstić information content (AvgIpc) is 2.71. The zero-order chi connectivity index (χ0) is 13.6. The van der Waals surface area contributed by atoms with Gasteiger partial charge in [0.15, 0.2) is 0 Å². The summed E-state index contributed by atoms with van der Waals surface area (Å²) in [4.78, 5) is 5.67. The lowest BCUT2D eigenvalue weighted by Crippen LogP contribution is -2.66. The summed E-state index contributed by atoms with van der Waals surface area (Å²) >= 11 is 0. The second-order valence-electron chi connectivity index (χ2n) is 7.83. The Hall–Kier alpha value is -0.120. The molecule has 1 N–H and O–H groups in total. The molecule has 1 aliphatic carbocycles. The van der Waals surface area contributed by atoms with Crippen molar-refractivity contribution in [2.45, 2.75) is 81.5 Å². The van der Waals surface area contributed by atoms with Gasteiger partial charge < -0.3 is 10.2 Å². The SMILES string of the molecule is CN1C2CCC1CC(N1CCNCC13CCCCC3)C2. The molecule has 2 bridgehead atoms. The third-order valence-corrected chi connectivity index (χ3v) is 6.89. The molecule has 114 valence electrons. The van der Waals surface area contributed by atoms with Gasteiger partial charge in [0.1, 0.15) is 0 Å². The number of nitrogens with one attached hydrogen (secondary N) is 1. The van der Waals surface area contributed by atoms with Crippen molar-refractivity contribution in [1.29, 1.82) is 0 Å². The van der Waals surface area contributed by atoms with Crippen molar-refractivity contribution in [2.24, 2.45) is 0 Å². The van der Waals surface area contributed by atoms with E-state index in [4.69, 9.17) is 0 Å². The Morgan fingerprint density at radius 1 is 0.950 bits per heavy atom. The molecule has 4 aliphatic rings. The average molecular weight is 277 g/mol. The molecule has 3 heterocycles. The minimum Gasteiger partial charge on any atom is -0.314 e. The van der Waals surface area contributed by atoms with Crippen LogP contribution < -0.4 is 5.32 Å². The predicted molar refractivity (Wildman–Crippen MR) is 83.0 cm³/mol. The van der Waals surface area contributed by atoms with Gasteiger partial charge in [0, 0.05) is 43.3 Å². The van der Waals surface area contributed by atoms with Gasteiger partial charge in [-0.1, -0.05) is 19.3 Å². The van der Waals surface area contributed by atoms with E-state index in [2.05, 4.69) is 22.2 Å². The summed E-state index contributed by atoms with van der Waals surface area (Å²) in [5.74, 6) is 0. The number of piperazine rings is 1. The van der Waals surface area contributed by atoms with Crippen molar-refractivity contribution in [1.82, 2.24) is 15.1 Å². The molecule has 0 radical (unpaired) electrons. The largest absolute Gasteiger partial charge is 0.314 e. The molecule has 3 heteroatoms. The Morgan fingerprint density at radius 3 is 2.35 bits per heavy atom. The molecule has 1 saturated carbocycles. The third-order valence-electron chi connectivity index (χ3n) is 6.89. The van der Waals surface area contributed by atoms with E-state index >= 15 is 0 Å².